The third kappa shape index (κ3) is 2.44. The number of hydrogen-bond donors (Lipinski definition) is 2. The molecule has 0 unspecified atom stereocenters. The Hall–Kier alpha value is -1.65. The summed E-state index contributed by atoms with van der Waals surface area (Å²) in [5.41, 5.74) is 0.368. The number of nitrogens with one attached hydrogen (secondary N) is 2. The van der Waals surface area contributed by atoms with Crippen LogP contribution in [-0.2, 0) is 5.41 Å². The third-order valence-electron chi connectivity index (χ3n) is 3.41. The minimum absolute atomic E-state index is 0.218. The van der Waals surface area contributed by atoms with Crippen molar-refractivity contribution in [3.63, 3.8) is 0 Å². The molecule has 0 heterocycles. The fourth-order valence-electron chi connectivity index (χ4n) is 2.14. The highest BCUT2D eigenvalue weighted by Gasteiger charge is 2.46. The average Bonchev–Trinajstić information content (AvgIpc) is 3.11. The number of rotatable bonds is 3. The van der Waals surface area contributed by atoms with E-state index >= 15 is 0 Å². The molecule has 2 N–H and O–H groups in total. The molecule has 1 aliphatic rings. The van der Waals surface area contributed by atoms with Crippen LogP contribution in [0.2, 0.25) is 0 Å². The summed E-state index contributed by atoms with van der Waals surface area (Å²) in [5, 5.41) is 6.05. The van der Waals surface area contributed by atoms with Gasteiger partial charge in [-0.15, -0.1) is 0 Å². The molecule has 0 spiro atoms. The molecule has 1 aliphatic carbocycles. The number of aliphatic imine (C=N–C) groups is 1. The molecule has 0 atom stereocenters. The van der Waals surface area contributed by atoms with E-state index in [1.165, 1.54) is 6.07 Å². The van der Waals surface area contributed by atoms with E-state index in [4.69, 9.17) is 0 Å². The van der Waals surface area contributed by atoms with Gasteiger partial charge >= 0.3 is 0 Å². The second-order valence-electron chi connectivity index (χ2n) is 4.58. The quantitative estimate of drug-likeness (QED) is 0.636. The summed E-state index contributed by atoms with van der Waals surface area (Å²) in [6.45, 7) is 0.600. The van der Waals surface area contributed by atoms with Gasteiger partial charge in [-0.2, -0.15) is 0 Å². The standard InChI is InChI=1S/C13H17F2N3/c1-16-12(17-2)18-8-13(5-6-13)10-4-3-9(14)7-11(10)15/h3-4,7H,5-6,8H2,1-2H3,(H2,16,17,18). The van der Waals surface area contributed by atoms with Crippen LogP contribution < -0.4 is 10.6 Å². The van der Waals surface area contributed by atoms with E-state index in [2.05, 4.69) is 15.6 Å². The summed E-state index contributed by atoms with van der Waals surface area (Å²) >= 11 is 0. The molecule has 98 valence electrons. The van der Waals surface area contributed by atoms with Crippen LogP contribution in [0.5, 0.6) is 0 Å². The van der Waals surface area contributed by atoms with Crippen molar-refractivity contribution >= 4 is 5.96 Å². The first-order valence-electron chi connectivity index (χ1n) is 5.95. The minimum atomic E-state index is -0.536. The summed E-state index contributed by atoms with van der Waals surface area (Å²) in [5.74, 6) is -0.330. The number of nitrogens with zero attached hydrogens (tertiary/aromatic N) is 1. The number of benzene rings is 1. The van der Waals surface area contributed by atoms with E-state index in [-0.39, 0.29) is 5.41 Å². The maximum atomic E-state index is 13.8. The Morgan fingerprint density at radius 3 is 2.61 bits per heavy atom. The Morgan fingerprint density at radius 1 is 1.39 bits per heavy atom. The molecule has 3 nitrogen and oxygen atoms in total. The van der Waals surface area contributed by atoms with E-state index < -0.39 is 11.6 Å². The van der Waals surface area contributed by atoms with Gasteiger partial charge < -0.3 is 10.6 Å². The van der Waals surface area contributed by atoms with Crippen molar-refractivity contribution in [2.75, 3.05) is 20.6 Å². The summed E-state index contributed by atoms with van der Waals surface area (Å²) in [4.78, 5) is 4.01. The molecule has 5 heteroatoms. The highest BCUT2D eigenvalue weighted by atomic mass is 19.1. The van der Waals surface area contributed by atoms with E-state index in [9.17, 15) is 8.78 Å². The highest BCUT2D eigenvalue weighted by molar-refractivity contribution is 5.79. The lowest BCUT2D eigenvalue weighted by Crippen LogP contribution is -2.39. The molecule has 18 heavy (non-hydrogen) atoms. The zero-order chi connectivity index (χ0) is 13.2. The average molecular weight is 253 g/mol. The fraction of sp³-hybridized carbons (Fsp3) is 0.462. The smallest absolute Gasteiger partial charge is 0.190 e. The van der Waals surface area contributed by atoms with Crippen molar-refractivity contribution in [3.05, 3.63) is 35.4 Å². The Bertz CT molecular complexity index is 467. The Kier molecular flexibility index (Phi) is 3.50. The van der Waals surface area contributed by atoms with Crippen molar-refractivity contribution in [1.29, 1.82) is 0 Å². The molecule has 0 aliphatic heterocycles. The van der Waals surface area contributed by atoms with Gasteiger partial charge in [0, 0.05) is 32.1 Å². The lowest BCUT2D eigenvalue weighted by Gasteiger charge is -2.18. The maximum absolute atomic E-state index is 13.8. The van der Waals surface area contributed by atoms with Crippen LogP contribution in [0.15, 0.2) is 23.2 Å². The predicted octanol–water partition coefficient (Wildman–Crippen LogP) is 1.79. The second kappa shape index (κ2) is 4.92. The molecule has 0 radical (unpaired) electrons. The van der Waals surface area contributed by atoms with Gasteiger partial charge in [-0.3, -0.25) is 4.99 Å². The molecule has 1 aromatic carbocycles. The fourth-order valence-corrected chi connectivity index (χ4v) is 2.14. The molecular weight excluding hydrogens is 236 g/mol. The monoisotopic (exact) mass is 253 g/mol. The van der Waals surface area contributed by atoms with E-state index in [1.807, 2.05) is 0 Å². The van der Waals surface area contributed by atoms with Crippen molar-refractivity contribution < 1.29 is 8.78 Å². The van der Waals surface area contributed by atoms with Crippen molar-refractivity contribution in [2.24, 2.45) is 4.99 Å². The molecule has 1 saturated carbocycles. The molecule has 1 fully saturated rings. The molecule has 2 rings (SSSR count). The Morgan fingerprint density at radius 2 is 2.11 bits per heavy atom. The van der Waals surface area contributed by atoms with Gasteiger partial charge in [0.1, 0.15) is 11.6 Å². The molecular formula is C13H17F2N3. The van der Waals surface area contributed by atoms with Crippen LogP contribution in [-0.4, -0.2) is 26.6 Å². The van der Waals surface area contributed by atoms with Crippen LogP contribution >= 0.6 is 0 Å². The van der Waals surface area contributed by atoms with E-state index in [1.54, 1.807) is 20.2 Å². The summed E-state index contributed by atoms with van der Waals surface area (Å²) < 4.78 is 26.7. The number of guanidine groups is 1. The van der Waals surface area contributed by atoms with E-state index in [0.29, 0.717) is 18.1 Å². The zero-order valence-corrected chi connectivity index (χ0v) is 10.6. The summed E-state index contributed by atoms with van der Waals surface area (Å²) in [6.07, 6.45) is 1.81. The summed E-state index contributed by atoms with van der Waals surface area (Å²) in [6, 6.07) is 3.80. The van der Waals surface area contributed by atoms with Crippen LogP contribution in [0.25, 0.3) is 0 Å². The van der Waals surface area contributed by atoms with Gasteiger partial charge in [0.05, 0.1) is 0 Å². The first-order valence-corrected chi connectivity index (χ1v) is 5.95. The highest BCUT2D eigenvalue weighted by Crippen LogP contribution is 2.48. The number of hydrogen-bond acceptors (Lipinski definition) is 1. The number of halogens is 2. The van der Waals surface area contributed by atoms with Gasteiger partial charge in [0.25, 0.3) is 0 Å². The normalized spacial score (nSPS) is 17.4. The second-order valence-corrected chi connectivity index (χ2v) is 4.58. The first kappa shape index (κ1) is 12.8. The zero-order valence-electron chi connectivity index (χ0n) is 10.6. The van der Waals surface area contributed by atoms with Crippen molar-refractivity contribution in [2.45, 2.75) is 18.3 Å². The minimum Gasteiger partial charge on any atom is -0.359 e. The largest absolute Gasteiger partial charge is 0.359 e. The molecule has 0 saturated heterocycles. The van der Waals surface area contributed by atoms with Crippen LogP contribution in [0.4, 0.5) is 8.78 Å². The van der Waals surface area contributed by atoms with Gasteiger partial charge in [0.15, 0.2) is 5.96 Å². The van der Waals surface area contributed by atoms with Crippen LogP contribution in [0, 0.1) is 11.6 Å². The van der Waals surface area contributed by atoms with Crippen LogP contribution in [0.3, 0.4) is 0 Å². The van der Waals surface area contributed by atoms with E-state index in [0.717, 1.165) is 18.9 Å². The topological polar surface area (TPSA) is 36.4 Å². The van der Waals surface area contributed by atoms with Crippen molar-refractivity contribution in [3.8, 4) is 0 Å². The van der Waals surface area contributed by atoms with Gasteiger partial charge in [-0.1, -0.05) is 6.07 Å². The maximum Gasteiger partial charge on any atom is 0.190 e. The first-order chi connectivity index (χ1) is 8.61. The van der Waals surface area contributed by atoms with Gasteiger partial charge in [0.2, 0.25) is 0 Å². The molecule has 0 bridgehead atoms. The van der Waals surface area contributed by atoms with Gasteiger partial charge in [-0.05, 0) is 24.5 Å². The van der Waals surface area contributed by atoms with Crippen molar-refractivity contribution in [1.82, 2.24) is 10.6 Å². The predicted molar refractivity (Wildman–Crippen MR) is 67.7 cm³/mol. The molecule has 0 aromatic heterocycles. The lowest BCUT2D eigenvalue weighted by molar-refractivity contribution is 0.541. The molecule has 1 aromatic rings. The Labute approximate surface area is 105 Å². The third-order valence-corrected chi connectivity index (χ3v) is 3.41. The Balaban J connectivity index is 2.12. The lowest BCUT2D eigenvalue weighted by atomic mass is 9.95. The van der Waals surface area contributed by atoms with Crippen LogP contribution in [0.1, 0.15) is 18.4 Å². The van der Waals surface area contributed by atoms with Gasteiger partial charge in [-0.25, -0.2) is 8.78 Å². The molecule has 0 amide bonds. The SMILES string of the molecule is CN=C(NC)NCC1(c2ccc(F)cc2F)CC1. The summed E-state index contributed by atoms with van der Waals surface area (Å²) in [7, 11) is 3.45.